The minimum absolute atomic E-state index is 0.228. The second-order valence-corrected chi connectivity index (χ2v) is 8.07. The van der Waals surface area contributed by atoms with E-state index in [-0.39, 0.29) is 5.82 Å². The van der Waals surface area contributed by atoms with Gasteiger partial charge in [0.05, 0.1) is 10.6 Å². The molecular weight excluding hydrogens is 341 g/mol. The minimum Gasteiger partial charge on any atom is -0.371 e. The molecule has 2 aromatic carbocycles. The van der Waals surface area contributed by atoms with Crippen molar-refractivity contribution < 1.29 is 12.8 Å². The topological polar surface area (TPSA) is 61.8 Å². The van der Waals surface area contributed by atoms with Crippen molar-refractivity contribution in [2.24, 2.45) is 5.10 Å². The van der Waals surface area contributed by atoms with Gasteiger partial charge in [0.15, 0.2) is 9.84 Å². The van der Waals surface area contributed by atoms with Crippen LogP contribution in [0, 0.1) is 5.82 Å². The van der Waals surface area contributed by atoms with Gasteiger partial charge in [-0.15, -0.1) is 0 Å². The summed E-state index contributed by atoms with van der Waals surface area (Å²) in [6, 6.07) is 13.1. The smallest absolute Gasteiger partial charge is 0.175 e. The number of nitrogens with one attached hydrogen (secondary N) is 1. The molecule has 1 fully saturated rings. The third-order valence-electron chi connectivity index (χ3n) is 4.16. The van der Waals surface area contributed by atoms with E-state index in [9.17, 15) is 12.8 Å². The summed E-state index contributed by atoms with van der Waals surface area (Å²) in [7, 11) is -3.18. The first-order valence-electron chi connectivity index (χ1n) is 8.04. The lowest BCUT2D eigenvalue weighted by atomic mass is 10.1. The van der Waals surface area contributed by atoms with Gasteiger partial charge in [0.1, 0.15) is 5.82 Å². The zero-order chi connectivity index (χ0) is 17.9. The van der Waals surface area contributed by atoms with Gasteiger partial charge < -0.3 is 4.90 Å². The Morgan fingerprint density at radius 1 is 1.00 bits per heavy atom. The van der Waals surface area contributed by atoms with Gasteiger partial charge in [-0.1, -0.05) is 0 Å². The zero-order valence-corrected chi connectivity index (χ0v) is 14.8. The van der Waals surface area contributed by atoms with E-state index in [1.54, 1.807) is 36.4 Å². The van der Waals surface area contributed by atoms with E-state index in [0.29, 0.717) is 4.90 Å². The van der Waals surface area contributed by atoms with Crippen molar-refractivity contribution in [2.45, 2.75) is 17.7 Å². The van der Waals surface area contributed by atoms with E-state index in [0.717, 1.165) is 43.0 Å². The van der Waals surface area contributed by atoms with Crippen LogP contribution in [0.5, 0.6) is 0 Å². The number of anilines is 2. The van der Waals surface area contributed by atoms with Crippen molar-refractivity contribution in [3.05, 3.63) is 54.3 Å². The predicted octanol–water partition coefficient (Wildman–Crippen LogP) is 3.30. The van der Waals surface area contributed by atoms with Crippen molar-refractivity contribution in [3.8, 4) is 0 Å². The molecule has 1 aliphatic rings. The molecule has 1 saturated heterocycles. The van der Waals surface area contributed by atoms with Crippen LogP contribution in [0.2, 0.25) is 0 Å². The van der Waals surface area contributed by atoms with Gasteiger partial charge in [0.25, 0.3) is 0 Å². The highest BCUT2D eigenvalue weighted by molar-refractivity contribution is 7.90. The first-order chi connectivity index (χ1) is 11.9. The maximum atomic E-state index is 13.0. The molecule has 0 atom stereocenters. The number of halogens is 1. The Balaban J connectivity index is 1.56. The van der Waals surface area contributed by atoms with Crippen LogP contribution >= 0.6 is 0 Å². The second-order valence-electron chi connectivity index (χ2n) is 6.05. The molecule has 0 radical (unpaired) electrons. The molecular formula is C18H20FN3O2S. The number of nitrogens with zero attached hydrogens (tertiary/aromatic N) is 2. The Bertz CT molecular complexity index is 852. The lowest BCUT2D eigenvalue weighted by Gasteiger charge is -2.29. The van der Waals surface area contributed by atoms with Crippen LogP contribution in [0.4, 0.5) is 15.8 Å². The molecule has 0 aliphatic carbocycles. The van der Waals surface area contributed by atoms with Crippen LogP contribution in [-0.4, -0.2) is 33.5 Å². The van der Waals surface area contributed by atoms with Crippen LogP contribution in [0.25, 0.3) is 0 Å². The summed E-state index contributed by atoms with van der Waals surface area (Å²) in [5.74, 6) is -0.228. The lowest BCUT2D eigenvalue weighted by Crippen LogP contribution is -2.34. The quantitative estimate of drug-likeness (QED) is 0.849. The number of hydrogen-bond donors (Lipinski definition) is 1. The predicted molar refractivity (Wildman–Crippen MR) is 98.5 cm³/mol. The Labute approximate surface area is 147 Å². The van der Waals surface area contributed by atoms with E-state index in [1.807, 2.05) is 0 Å². The standard InChI is InChI=1S/C18H20FN3O2S/c1-25(23,24)18-8-4-15(5-9-18)20-21-16-10-12-22(13-11-16)17-6-2-14(19)3-7-17/h2-9,20H,10-13H2,1H3. The molecule has 2 aromatic rings. The van der Waals surface area contributed by atoms with Crippen LogP contribution in [-0.2, 0) is 9.84 Å². The molecule has 7 heteroatoms. The summed E-state index contributed by atoms with van der Waals surface area (Å²) in [6.07, 6.45) is 2.84. The van der Waals surface area contributed by atoms with Gasteiger partial charge in [-0.3, -0.25) is 5.43 Å². The highest BCUT2D eigenvalue weighted by atomic mass is 32.2. The summed E-state index contributed by atoms with van der Waals surface area (Å²) in [5.41, 5.74) is 5.81. The normalized spacial score (nSPS) is 15.1. The monoisotopic (exact) mass is 361 g/mol. The van der Waals surface area contributed by atoms with Crippen molar-refractivity contribution in [3.63, 3.8) is 0 Å². The zero-order valence-electron chi connectivity index (χ0n) is 13.9. The number of sulfone groups is 1. The van der Waals surface area contributed by atoms with Gasteiger partial charge in [0.2, 0.25) is 0 Å². The van der Waals surface area contributed by atoms with Crippen molar-refractivity contribution >= 4 is 26.9 Å². The maximum absolute atomic E-state index is 13.0. The third-order valence-corrected chi connectivity index (χ3v) is 5.29. The molecule has 132 valence electrons. The summed E-state index contributed by atoms with van der Waals surface area (Å²) in [5, 5.41) is 4.42. The van der Waals surface area contributed by atoms with E-state index in [1.165, 1.54) is 18.4 Å². The molecule has 0 spiro atoms. The van der Waals surface area contributed by atoms with Crippen LogP contribution < -0.4 is 10.3 Å². The fourth-order valence-electron chi connectivity index (χ4n) is 2.71. The summed E-state index contributed by atoms with van der Waals surface area (Å²) in [4.78, 5) is 2.50. The van der Waals surface area contributed by atoms with Crippen molar-refractivity contribution in [1.82, 2.24) is 0 Å². The van der Waals surface area contributed by atoms with Gasteiger partial charge in [-0.25, -0.2) is 12.8 Å². The van der Waals surface area contributed by atoms with Crippen molar-refractivity contribution in [2.75, 3.05) is 29.7 Å². The van der Waals surface area contributed by atoms with Gasteiger partial charge in [-0.2, -0.15) is 5.10 Å². The largest absolute Gasteiger partial charge is 0.371 e. The summed E-state index contributed by atoms with van der Waals surface area (Å²) in [6.45, 7) is 1.67. The number of piperidine rings is 1. The molecule has 0 bridgehead atoms. The number of hydrogen-bond acceptors (Lipinski definition) is 5. The average Bonchev–Trinajstić information content (AvgIpc) is 2.61. The lowest BCUT2D eigenvalue weighted by molar-refractivity contribution is 0.602. The first kappa shape index (κ1) is 17.4. The fourth-order valence-corrected chi connectivity index (χ4v) is 3.34. The van der Waals surface area contributed by atoms with Gasteiger partial charge in [-0.05, 0) is 48.5 Å². The maximum Gasteiger partial charge on any atom is 0.175 e. The molecule has 0 amide bonds. The van der Waals surface area contributed by atoms with Gasteiger partial charge in [0, 0.05) is 43.6 Å². The molecule has 3 rings (SSSR count). The number of benzene rings is 2. The Kier molecular flexibility index (Phi) is 5.03. The minimum atomic E-state index is -3.18. The molecule has 1 N–H and O–H groups in total. The highest BCUT2D eigenvalue weighted by Gasteiger charge is 2.15. The van der Waals surface area contributed by atoms with E-state index >= 15 is 0 Å². The summed E-state index contributed by atoms with van der Waals surface area (Å²) < 4.78 is 35.9. The molecule has 1 aliphatic heterocycles. The number of rotatable bonds is 4. The molecule has 1 heterocycles. The third kappa shape index (κ3) is 4.57. The van der Waals surface area contributed by atoms with E-state index in [2.05, 4.69) is 15.4 Å². The SMILES string of the molecule is CS(=O)(=O)c1ccc(NN=C2CCN(c3ccc(F)cc3)CC2)cc1. The van der Waals surface area contributed by atoms with Crippen molar-refractivity contribution in [1.29, 1.82) is 0 Å². The Hall–Kier alpha value is -2.41. The van der Waals surface area contributed by atoms with Crippen LogP contribution in [0.1, 0.15) is 12.8 Å². The van der Waals surface area contributed by atoms with Crippen LogP contribution in [0.15, 0.2) is 58.5 Å². The molecule has 0 unspecified atom stereocenters. The number of hydrazone groups is 1. The molecule has 5 nitrogen and oxygen atoms in total. The highest BCUT2D eigenvalue weighted by Crippen LogP contribution is 2.20. The first-order valence-corrected chi connectivity index (χ1v) is 9.93. The van der Waals surface area contributed by atoms with E-state index < -0.39 is 9.84 Å². The molecule has 25 heavy (non-hydrogen) atoms. The van der Waals surface area contributed by atoms with Crippen LogP contribution in [0.3, 0.4) is 0 Å². The Morgan fingerprint density at radius 2 is 1.60 bits per heavy atom. The summed E-state index contributed by atoms with van der Waals surface area (Å²) >= 11 is 0. The fraction of sp³-hybridized carbons (Fsp3) is 0.278. The average molecular weight is 361 g/mol. The molecule has 0 saturated carbocycles. The van der Waals surface area contributed by atoms with E-state index in [4.69, 9.17) is 0 Å². The molecule has 0 aromatic heterocycles. The Morgan fingerprint density at radius 3 is 2.16 bits per heavy atom. The second kappa shape index (κ2) is 7.23. The van der Waals surface area contributed by atoms with Gasteiger partial charge >= 0.3 is 0 Å².